The maximum Gasteiger partial charge on any atom is 0.304 e. The van der Waals surface area contributed by atoms with Gasteiger partial charge in [0, 0.05) is 36.3 Å². The highest BCUT2D eigenvalue weighted by molar-refractivity contribution is 9.10. The van der Waals surface area contributed by atoms with Crippen molar-refractivity contribution in [3.63, 3.8) is 0 Å². The number of sulfonamides is 1. The van der Waals surface area contributed by atoms with Gasteiger partial charge >= 0.3 is 10.2 Å². The Morgan fingerprint density at radius 3 is 2.58 bits per heavy atom. The fraction of sp³-hybridized carbons (Fsp3) is 0.474. The predicted molar refractivity (Wildman–Crippen MR) is 127 cm³/mol. The van der Waals surface area contributed by atoms with Crippen LogP contribution in [0.5, 0.6) is 0 Å². The smallest absolute Gasteiger partial charge is 0.304 e. The lowest BCUT2D eigenvalue weighted by Crippen LogP contribution is -2.45. The lowest BCUT2D eigenvalue weighted by molar-refractivity contribution is 0.0974. The van der Waals surface area contributed by atoms with Gasteiger partial charge < -0.3 is 9.73 Å². The molecule has 1 aromatic carbocycles. The number of nitrogens with zero attached hydrogens (tertiary/aromatic N) is 3. The molecular formula is C19H26BrN5O6S2. The lowest BCUT2D eigenvalue weighted by Gasteiger charge is -2.21. The SMILES string of the molecule is CCCS(=O)(=O)N1CCCN(S(=O)(=O)NC(=O)c2coc(Nc3cc(Br)ccc3C)n2)CC1. The van der Waals surface area contributed by atoms with Crippen molar-refractivity contribution in [1.82, 2.24) is 18.3 Å². The number of rotatable bonds is 8. The summed E-state index contributed by atoms with van der Waals surface area (Å²) >= 11 is 3.37. The third kappa shape index (κ3) is 6.53. The van der Waals surface area contributed by atoms with Gasteiger partial charge in [-0.3, -0.25) is 4.79 Å². The van der Waals surface area contributed by atoms with Gasteiger partial charge in [-0.1, -0.05) is 28.9 Å². The largest absolute Gasteiger partial charge is 0.431 e. The number of carbonyl (C=O) groups is 1. The second kappa shape index (κ2) is 10.5. The molecule has 2 heterocycles. The first-order chi connectivity index (χ1) is 15.5. The van der Waals surface area contributed by atoms with Crippen molar-refractivity contribution in [2.24, 2.45) is 0 Å². The van der Waals surface area contributed by atoms with E-state index in [2.05, 4.69) is 26.2 Å². The van der Waals surface area contributed by atoms with Crippen LogP contribution in [0.2, 0.25) is 0 Å². The van der Waals surface area contributed by atoms with Crippen LogP contribution in [0.4, 0.5) is 11.7 Å². The molecule has 0 unspecified atom stereocenters. The second-order valence-corrected chi connectivity index (χ2v) is 12.2. The number of hydrogen-bond donors (Lipinski definition) is 2. The molecule has 1 aromatic heterocycles. The fourth-order valence-electron chi connectivity index (χ4n) is 3.29. The van der Waals surface area contributed by atoms with Crippen LogP contribution in [-0.4, -0.2) is 68.3 Å². The Labute approximate surface area is 201 Å². The molecule has 0 aliphatic carbocycles. The summed E-state index contributed by atoms with van der Waals surface area (Å²) in [6.07, 6.45) is 1.86. The van der Waals surface area contributed by atoms with Crippen molar-refractivity contribution < 1.29 is 26.0 Å². The summed E-state index contributed by atoms with van der Waals surface area (Å²) in [7, 11) is -7.62. The van der Waals surface area contributed by atoms with Crippen LogP contribution >= 0.6 is 15.9 Å². The van der Waals surface area contributed by atoms with E-state index in [9.17, 15) is 21.6 Å². The first-order valence-corrected chi connectivity index (χ1v) is 14.1. The summed E-state index contributed by atoms with van der Waals surface area (Å²) in [5, 5.41) is 2.94. The third-order valence-corrected chi connectivity index (χ3v) is 9.07. The molecule has 1 saturated heterocycles. The van der Waals surface area contributed by atoms with Crippen LogP contribution in [0, 0.1) is 6.92 Å². The summed E-state index contributed by atoms with van der Waals surface area (Å²) in [6.45, 7) is 3.95. The number of amides is 1. The minimum atomic E-state index is -4.19. The van der Waals surface area contributed by atoms with Crippen molar-refractivity contribution in [3.05, 3.63) is 40.2 Å². The molecule has 1 aliphatic rings. The number of halogens is 1. The summed E-state index contributed by atoms with van der Waals surface area (Å²) in [5.41, 5.74) is 1.41. The van der Waals surface area contributed by atoms with E-state index in [-0.39, 0.29) is 43.6 Å². The first kappa shape index (κ1) is 25.6. The zero-order chi connectivity index (χ0) is 24.2. The molecule has 3 rings (SSSR count). The maximum atomic E-state index is 12.7. The molecule has 0 spiro atoms. The molecule has 1 aliphatic heterocycles. The number of hydrogen-bond acceptors (Lipinski definition) is 8. The van der Waals surface area contributed by atoms with Crippen molar-refractivity contribution >= 4 is 53.8 Å². The zero-order valence-electron chi connectivity index (χ0n) is 18.2. The van der Waals surface area contributed by atoms with Crippen molar-refractivity contribution in [3.8, 4) is 0 Å². The molecule has 182 valence electrons. The van der Waals surface area contributed by atoms with Crippen LogP contribution < -0.4 is 10.0 Å². The van der Waals surface area contributed by atoms with Gasteiger partial charge in [-0.05, 0) is 37.5 Å². The highest BCUT2D eigenvalue weighted by Gasteiger charge is 2.31. The van der Waals surface area contributed by atoms with Crippen LogP contribution in [0.3, 0.4) is 0 Å². The van der Waals surface area contributed by atoms with E-state index in [1.807, 2.05) is 29.8 Å². The number of aromatic nitrogens is 1. The van der Waals surface area contributed by atoms with E-state index >= 15 is 0 Å². The van der Waals surface area contributed by atoms with E-state index in [1.165, 1.54) is 4.31 Å². The summed E-state index contributed by atoms with van der Waals surface area (Å²) in [6, 6.07) is 5.60. The van der Waals surface area contributed by atoms with Crippen LogP contribution in [-0.2, 0) is 20.2 Å². The Morgan fingerprint density at radius 2 is 1.85 bits per heavy atom. The molecule has 0 radical (unpaired) electrons. The quantitative estimate of drug-likeness (QED) is 0.497. The third-order valence-electron chi connectivity index (χ3n) is 5.01. The van der Waals surface area contributed by atoms with E-state index < -0.39 is 26.1 Å². The van der Waals surface area contributed by atoms with Gasteiger partial charge in [-0.15, -0.1) is 0 Å². The molecule has 0 saturated carbocycles. The van der Waals surface area contributed by atoms with Crippen molar-refractivity contribution in [1.29, 1.82) is 0 Å². The molecule has 2 N–H and O–H groups in total. The number of benzene rings is 1. The second-order valence-electron chi connectivity index (χ2n) is 7.53. The molecule has 0 atom stereocenters. The normalized spacial score (nSPS) is 16.3. The molecule has 33 heavy (non-hydrogen) atoms. The number of carbonyl (C=O) groups excluding carboxylic acids is 1. The number of aryl methyl sites for hydroxylation is 1. The number of anilines is 2. The highest BCUT2D eigenvalue weighted by atomic mass is 79.9. The van der Waals surface area contributed by atoms with Crippen LogP contribution in [0.25, 0.3) is 0 Å². The molecule has 2 aromatic rings. The minimum absolute atomic E-state index is 0.0124. The van der Waals surface area contributed by atoms with Crippen molar-refractivity contribution in [2.45, 2.75) is 26.7 Å². The fourth-order valence-corrected chi connectivity index (χ4v) is 6.35. The molecular weight excluding hydrogens is 538 g/mol. The molecule has 0 bridgehead atoms. The predicted octanol–water partition coefficient (Wildman–Crippen LogP) is 2.21. The van der Waals surface area contributed by atoms with Crippen LogP contribution in [0.15, 0.2) is 33.4 Å². The zero-order valence-corrected chi connectivity index (χ0v) is 21.5. The van der Waals surface area contributed by atoms with Crippen LogP contribution in [0.1, 0.15) is 35.8 Å². The molecule has 11 nitrogen and oxygen atoms in total. The average molecular weight is 564 g/mol. The molecule has 1 fully saturated rings. The topological polar surface area (TPSA) is 142 Å². The Balaban J connectivity index is 1.64. The van der Waals surface area contributed by atoms with E-state index in [4.69, 9.17) is 4.42 Å². The summed E-state index contributed by atoms with van der Waals surface area (Å²) < 4.78 is 60.5. The minimum Gasteiger partial charge on any atom is -0.431 e. The Bertz CT molecular complexity index is 1220. The standard InChI is InChI=1S/C19H26BrN5O6S2/c1-3-11-32(27,28)24-7-4-8-25(10-9-24)33(29,30)23-18(26)17-13-31-19(22-17)21-16-12-15(20)6-5-14(16)2/h5-6,12-13H,3-4,7-11H2,1-2H3,(H,21,22)(H,23,26). The van der Waals surface area contributed by atoms with Gasteiger partial charge in [0.1, 0.15) is 6.26 Å². The Morgan fingerprint density at radius 1 is 1.15 bits per heavy atom. The summed E-state index contributed by atoms with van der Waals surface area (Å²) in [4.78, 5) is 16.5. The number of nitrogens with one attached hydrogen (secondary N) is 2. The van der Waals surface area contributed by atoms with Gasteiger partial charge in [0.05, 0.1) is 5.75 Å². The Kier molecular flexibility index (Phi) is 8.16. The van der Waals surface area contributed by atoms with Gasteiger partial charge in [-0.25, -0.2) is 17.4 Å². The van der Waals surface area contributed by atoms with Gasteiger partial charge in [-0.2, -0.15) is 17.7 Å². The Hall–Kier alpha value is -2.00. The maximum absolute atomic E-state index is 12.7. The highest BCUT2D eigenvalue weighted by Crippen LogP contribution is 2.24. The average Bonchev–Trinajstić information content (AvgIpc) is 3.03. The van der Waals surface area contributed by atoms with Gasteiger partial charge in [0.2, 0.25) is 10.0 Å². The van der Waals surface area contributed by atoms with Crippen molar-refractivity contribution in [2.75, 3.05) is 37.2 Å². The van der Waals surface area contributed by atoms with E-state index in [0.717, 1.165) is 20.6 Å². The lowest BCUT2D eigenvalue weighted by atomic mass is 10.2. The van der Waals surface area contributed by atoms with E-state index in [0.29, 0.717) is 18.5 Å². The van der Waals surface area contributed by atoms with Gasteiger partial charge in [0.25, 0.3) is 11.9 Å². The molecule has 1 amide bonds. The number of oxazole rings is 1. The first-order valence-electron chi connectivity index (χ1n) is 10.3. The summed E-state index contributed by atoms with van der Waals surface area (Å²) in [5.74, 6) is -0.934. The monoisotopic (exact) mass is 563 g/mol. The van der Waals surface area contributed by atoms with E-state index in [1.54, 1.807) is 6.92 Å². The molecule has 14 heteroatoms. The van der Waals surface area contributed by atoms with Gasteiger partial charge in [0.15, 0.2) is 5.69 Å².